The van der Waals surface area contributed by atoms with Crippen LogP contribution in [0.15, 0.2) is 42.5 Å². The zero-order valence-electron chi connectivity index (χ0n) is 19.4. The molecule has 2 amide bonds. The lowest BCUT2D eigenvalue weighted by Crippen LogP contribution is -2.53. The van der Waals surface area contributed by atoms with Crippen LogP contribution in [0.1, 0.15) is 32.8 Å². The van der Waals surface area contributed by atoms with Gasteiger partial charge in [0.15, 0.2) is 0 Å². The molecule has 1 N–H and O–H groups in total. The highest BCUT2D eigenvalue weighted by Gasteiger charge is 2.32. The smallest absolute Gasteiger partial charge is 0.244 e. The van der Waals surface area contributed by atoms with Crippen LogP contribution >= 0.6 is 34.8 Å². The molecule has 11 heteroatoms. The fourth-order valence-corrected chi connectivity index (χ4v) is 5.01. The van der Waals surface area contributed by atoms with Crippen LogP contribution in [-0.4, -0.2) is 50.0 Å². The van der Waals surface area contributed by atoms with E-state index in [0.717, 1.165) is 10.6 Å². The summed E-state index contributed by atoms with van der Waals surface area (Å²) in [5.74, 6) is -0.921. The molecule has 0 radical (unpaired) electrons. The van der Waals surface area contributed by atoms with Gasteiger partial charge in [0.2, 0.25) is 21.8 Å². The molecule has 0 unspecified atom stereocenters. The van der Waals surface area contributed by atoms with Crippen LogP contribution < -0.4 is 9.62 Å². The summed E-state index contributed by atoms with van der Waals surface area (Å²) in [6.07, 6.45) is 1.29. The topological polar surface area (TPSA) is 86.8 Å². The number of rotatable bonds is 10. The van der Waals surface area contributed by atoms with Crippen molar-refractivity contribution in [2.24, 2.45) is 0 Å². The van der Waals surface area contributed by atoms with Gasteiger partial charge in [0, 0.05) is 22.6 Å². The quantitative estimate of drug-likeness (QED) is 0.464. The highest BCUT2D eigenvalue weighted by molar-refractivity contribution is 7.92. The second-order valence-electron chi connectivity index (χ2n) is 8.07. The third-order valence-electron chi connectivity index (χ3n) is 4.97. The lowest BCUT2D eigenvalue weighted by atomic mass is 10.1. The van der Waals surface area contributed by atoms with E-state index in [9.17, 15) is 18.0 Å². The van der Waals surface area contributed by atoms with Crippen molar-refractivity contribution >= 4 is 62.3 Å². The van der Waals surface area contributed by atoms with Crippen molar-refractivity contribution in [1.29, 1.82) is 0 Å². The van der Waals surface area contributed by atoms with E-state index in [1.54, 1.807) is 31.2 Å². The van der Waals surface area contributed by atoms with Gasteiger partial charge in [-0.25, -0.2) is 8.42 Å². The van der Waals surface area contributed by atoms with Gasteiger partial charge in [0.25, 0.3) is 0 Å². The summed E-state index contributed by atoms with van der Waals surface area (Å²) in [6, 6.07) is 10.3. The Morgan fingerprint density at radius 3 is 2.21 bits per heavy atom. The maximum Gasteiger partial charge on any atom is 0.244 e. The Morgan fingerprint density at radius 1 is 1.03 bits per heavy atom. The third kappa shape index (κ3) is 7.50. The molecule has 186 valence electrons. The van der Waals surface area contributed by atoms with E-state index in [-0.39, 0.29) is 29.2 Å². The van der Waals surface area contributed by atoms with Gasteiger partial charge in [-0.2, -0.15) is 0 Å². The molecule has 0 aliphatic heterocycles. The van der Waals surface area contributed by atoms with Crippen LogP contribution in [0.5, 0.6) is 0 Å². The number of carbonyl (C=O) groups excluding carboxylic acids is 2. The molecule has 0 aromatic heterocycles. The molecule has 0 saturated heterocycles. The highest BCUT2D eigenvalue weighted by Crippen LogP contribution is 2.31. The van der Waals surface area contributed by atoms with E-state index in [0.29, 0.717) is 22.0 Å². The molecule has 34 heavy (non-hydrogen) atoms. The maximum atomic E-state index is 13.6. The molecule has 2 rings (SSSR count). The van der Waals surface area contributed by atoms with Gasteiger partial charge >= 0.3 is 0 Å². The predicted octanol–water partition coefficient (Wildman–Crippen LogP) is 4.74. The lowest BCUT2D eigenvalue weighted by Gasteiger charge is -2.33. The molecule has 0 heterocycles. The first-order valence-corrected chi connectivity index (χ1v) is 13.6. The number of amides is 2. The number of sulfonamides is 1. The average Bonchev–Trinajstić information content (AvgIpc) is 2.72. The Balaban J connectivity index is 2.49. The second-order valence-corrected chi connectivity index (χ2v) is 11.2. The number of anilines is 1. The van der Waals surface area contributed by atoms with E-state index in [4.69, 9.17) is 34.8 Å². The minimum absolute atomic E-state index is 0.0223. The molecule has 0 aliphatic carbocycles. The number of nitrogens with zero attached hydrogens (tertiary/aromatic N) is 2. The first-order chi connectivity index (χ1) is 15.8. The van der Waals surface area contributed by atoms with Gasteiger partial charge in [0.1, 0.15) is 12.6 Å². The number of benzene rings is 2. The van der Waals surface area contributed by atoms with Crippen LogP contribution in [0.4, 0.5) is 5.69 Å². The number of hydrogen-bond donors (Lipinski definition) is 1. The van der Waals surface area contributed by atoms with Crippen molar-refractivity contribution < 1.29 is 18.0 Å². The minimum Gasteiger partial charge on any atom is -0.352 e. The molecule has 0 bridgehead atoms. The standard InChI is InChI=1S/C23H28Cl3N3O4S/c1-5-20(23(31)27-15(2)3)28(13-16-8-6-7-9-18(16)25)22(30)14-29(34(4,32)33)21-11-10-17(24)12-19(21)26/h6-12,15,20H,5,13-14H2,1-4H3,(H,27,31)/t20-/m1/s1. The predicted molar refractivity (Wildman–Crippen MR) is 138 cm³/mol. The van der Waals surface area contributed by atoms with Crippen molar-refractivity contribution in [3.8, 4) is 0 Å². The second kappa shape index (κ2) is 12.1. The van der Waals surface area contributed by atoms with Gasteiger partial charge in [-0.3, -0.25) is 13.9 Å². The molecule has 1 atom stereocenters. The normalized spacial score (nSPS) is 12.4. The summed E-state index contributed by atoms with van der Waals surface area (Å²) < 4.78 is 26.1. The minimum atomic E-state index is -3.90. The Hall–Kier alpha value is -2.00. The van der Waals surface area contributed by atoms with E-state index in [2.05, 4.69) is 5.32 Å². The van der Waals surface area contributed by atoms with Crippen molar-refractivity contribution in [2.45, 2.75) is 45.8 Å². The SMILES string of the molecule is CC[C@H](C(=O)NC(C)C)N(Cc1ccccc1Cl)C(=O)CN(c1ccc(Cl)cc1Cl)S(C)(=O)=O. The fraction of sp³-hybridized carbons (Fsp3) is 0.391. The number of halogens is 3. The van der Waals surface area contributed by atoms with Gasteiger partial charge in [-0.05, 0) is 50.1 Å². The summed E-state index contributed by atoms with van der Waals surface area (Å²) >= 11 is 18.5. The molecule has 2 aromatic rings. The van der Waals surface area contributed by atoms with Crippen molar-refractivity contribution in [3.63, 3.8) is 0 Å². The monoisotopic (exact) mass is 547 g/mol. The third-order valence-corrected chi connectivity index (χ3v) is 7.01. The van der Waals surface area contributed by atoms with Crippen LogP contribution in [-0.2, 0) is 26.2 Å². The molecule has 0 spiro atoms. The Labute approximate surface area is 216 Å². The van der Waals surface area contributed by atoms with Crippen molar-refractivity contribution in [2.75, 3.05) is 17.1 Å². The van der Waals surface area contributed by atoms with Crippen molar-refractivity contribution in [3.05, 3.63) is 63.1 Å². The number of carbonyl (C=O) groups is 2. The summed E-state index contributed by atoms with van der Waals surface area (Å²) in [6.45, 7) is 4.88. The van der Waals surface area contributed by atoms with Gasteiger partial charge in [0.05, 0.1) is 17.0 Å². The fourth-order valence-electron chi connectivity index (χ4n) is 3.39. The van der Waals surface area contributed by atoms with Crippen LogP contribution in [0.2, 0.25) is 15.1 Å². The molecule has 0 aliphatic rings. The van der Waals surface area contributed by atoms with Gasteiger partial charge < -0.3 is 10.2 Å². The summed E-state index contributed by atoms with van der Waals surface area (Å²) in [7, 11) is -3.90. The number of nitrogens with one attached hydrogen (secondary N) is 1. The van der Waals surface area contributed by atoms with Gasteiger partial charge in [-0.1, -0.05) is 59.9 Å². The summed E-state index contributed by atoms with van der Waals surface area (Å²) in [5, 5.41) is 3.66. The molecule has 7 nitrogen and oxygen atoms in total. The molecule has 2 aromatic carbocycles. The molecule has 0 saturated carbocycles. The summed E-state index contributed by atoms with van der Waals surface area (Å²) in [4.78, 5) is 27.9. The maximum absolute atomic E-state index is 13.6. The first-order valence-electron chi connectivity index (χ1n) is 10.6. The van der Waals surface area contributed by atoms with E-state index >= 15 is 0 Å². The Morgan fingerprint density at radius 2 is 1.68 bits per heavy atom. The molecular formula is C23H28Cl3N3O4S. The van der Waals surface area contributed by atoms with Crippen LogP contribution in [0.25, 0.3) is 0 Å². The molecule has 0 fully saturated rings. The zero-order valence-corrected chi connectivity index (χ0v) is 22.5. The van der Waals surface area contributed by atoms with Gasteiger partial charge in [-0.15, -0.1) is 0 Å². The van der Waals surface area contributed by atoms with Crippen molar-refractivity contribution in [1.82, 2.24) is 10.2 Å². The first kappa shape index (κ1) is 28.2. The average molecular weight is 549 g/mol. The Kier molecular flexibility index (Phi) is 10.1. The Bertz CT molecular complexity index is 1140. The van der Waals surface area contributed by atoms with Crippen LogP contribution in [0, 0.1) is 0 Å². The van der Waals surface area contributed by atoms with E-state index < -0.39 is 28.5 Å². The molecular weight excluding hydrogens is 521 g/mol. The summed E-state index contributed by atoms with van der Waals surface area (Å²) in [5.41, 5.74) is 0.739. The highest BCUT2D eigenvalue weighted by atomic mass is 35.5. The van der Waals surface area contributed by atoms with E-state index in [1.807, 2.05) is 13.8 Å². The number of hydrogen-bond acceptors (Lipinski definition) is 4. The largest absolute Gasteiger partial charge is 0.352 e. The van der Waals surface area contributed by atoms with Crippen LogP contribution in [0.3, 0.4) is 0 Å². The lowest BCUT2D eigenvalue weighted by molar-refractivity contribution is -0.140. The van der Waals surface area contributed by atoms with E-state index in [1.165, 1.54) is 23.1 Å². The zero-order chi connectivity index (χ0) is 25.6.